The average Bonchev–Trinajstić information content (AvgIpc) is 2.92. The Labute approximate surface area is 126 Å². The van der Waals surface area contributed by atoms with Gasteiger partial charge in [-0.3, -0.25) is 14.6 Å². The smallest absolute Gasteiger partial charge is 0.229 e. The summed E-state index contributed by atoms with van der Waals surface area (Å²) >= 11 is 0. The first-order valence-corrected chi connectivity index (χ1v) is 6.91. The van der Waals surface area contributed by atoms with Gasteiger partial charge in [-0.2, -0.15) is 0 Å². The molecule has 1 fully saturated rings. The van der Waals surface area contributed by atoms with Crippen molar-refractivity contribution in [3.8, 4) is 0 Å². The van der Waals surface area contributed by atoms with Gasteiger partial charge >= 0.3 is 0 Å². The summed E-state index contributed by atoms with van der Waals surface area (Å²) in [5.41, 5.74) is 0.786. The van der Waals surface area contributed by atoms with Crippen molar-refractivity contribution in [3.63, 3.8) is 0 Å². The predicted octanol–water partition coefficient (Wildman–Crippen LogP) is 2.21. The highest BCUT2D eigenvalue weighted by Gasteiger charge is 2.35. The van der Waals surface area contributed by atoms with Crippen molar-refractivity contribution >= 4 is 23.2 Å². The molecule has 1 N–H and O–H groups in total. The fourth-order valence-corrected chi connectivity index (χ4v) is 2.44. The number of pyridine rings is 1. The van der Waals surface area contributed by atoms with Crippen LogP contribution in [0.5, 0.6) is 0 Å². The molecular formula is C16H14FN3O2. The third kappa shape index (κ3) is 2.81. The minimum absolute atomic E-state index is 0.106. The number of amides is 2. The highest BCUT2D eigenvalue weighted by molar-refractivity contribution is 6.03. The van der Waals surface area contributed by atoms with Crippen LogP contribution >= 0.6 is 0 Å². The van der Waals surface area contributed by atoms with Crippen LogP contribution in [0.15, 0.2) is 48.8 Å². The molecule has 1 aromatic carbocycles. The van der Waals surface area contributed by atoms with E-state index in [4.69, 9.17) is 0 Å². The summed E-state index contributed by atoms with van der Waals surface area (Å²) in [6, 6.07) is 9.45. The Hall–Kier alpha value is -2.76. The first kappa shape index (κ1) is 14.2. The third-order valence-corrected chi connectivity index (χ3v) is 3.59. The normalized spacial score (nSPS) is 17.6. The Bertz CT molecular complexity index is 706. The lowest BCUT2D eigenvalue weighted by Crippen LogP contribution is -2.28. The molecule has 112 valence electrons. The van der Waals surface area contributed by atoms with E-state index in [9.17, 15) is 14.0 Å². The quantitative estimate of drug-likeness (QED) is 0.945. The average molecular weight is 299 g/mol. The Kier molecular flexibility index (Phi) is 3.82. The molecule has 2 amide bonds. The van der Waals surface area contributed by atoms with Crippen molar-refractivity contribution < 1.29 is 14.0 Å². The molecule has 0 saturated carbocycles. The largest absolute Gasteiger partial charge is 0.323 e. The van der Waals surface area contributed by atoms with Gasteiger partial charge in [0.05, 0.1) is 23.5 Å². The van der Waals surface area contributed by atoms with E-state index in [1.807, 2.05) is 0 Å². The van der Waals surface area contributed by atoms with E-state index in [2.05, 4.69) is 10.3 Å². The number of hydrogen-bond acceptors (Lipinski definition) is 3. The number of para-hydroxylation sites is 1. The van der Waals surface area contributed by atoms with Crippen LogP contribution in [0.1, 0.15) is 6.42 Å². The van der Waals surface area contributed by atoms with Gasteiger partial charge in [-0.15, -0.1) is 0 Å². The van der Waals surface area contributed by atoms with Crippen molar-refractivity contribution in [3.05, 3.63) is 54.6 Å². The van der Waals surface area contributed by atoms with Crippen LogP contribution in [-0.4, -0.2) is 23.3 Å². The number of carbonyl (C=O) groups is 2. The zero-order valence-electron chi connectivity index (χ0n) is 11.7. The van der Waals surface area contributed by atoms with Gasteiger partial charge in [-0.1, -0.05) is 12.1 Å². The molecule has 1 unspecified atom stereocenters. The first-order chi connectivity index (χ1) is 10.6. The molecule has 0 spiro atoms. The fourth-order valence-electron chi connectivity index (χ4n) is 2.44. The number of nitrogens with one attached hydrogen (secondary N) is 1. The topological polar surface area (TPSA) is 62.3 Å². The monoisotopic (exact) mass is 299 g/mol. The van der Waals surface area contributed by atoms with Gasteiger partial charge in [0.25, 0.3) is 0 Å². The molecule has 1 saturated heterocycles. The summed E-state index contributed by atoms with van der Waals surface area (Å²) in [4.78, 5) is 29.8. The van der Waals surface area contributed by atoms with Crippen molar-refractivity contribution in [1.82, 2.24) is 4.98 Å². The van der Waals surface area contributed by atoms with E-state index in [-0.39, 0.29) is 30.5 Å². The van der Waals surface area contributed by atoms with Crippen molar-refractivity contribution in [2.45, 2.75) is 6.42 Å². The molecule has 1 aliphatic heterocycles. The van der Waals surface area contributed by atoms with E-state index in [1.165, 1.54) is 17.0 Å². The minimum atomic E-state index is -0.507. The molecule has 1 aromatic heterocycles. The fraction of sp³-hybridized carbons (Fsp3) is 0.188. The first-order valence-electron chi connectivity index (χ1n) is 6.91. The number of halogens is 1. The summed E-state index contributed by atoms with van der Waals surface area (Å²) in [6.07, 6.45) is 3.30. The lowest BCUT2D eigenvalue weighted by molar-refractivity contribution is -0.122. The van der Waals surface area contributed by atoms with Gasteiger partial charge in [0.2, 0.25) is 11.8 Å². The maximum absolute atomic E-state index is 13.6. The second kappa shape index (κ2) is 5.93. The maximum Gasteiger partial charge on any atom is 0.229 e. The third-order valence-electron chi connectivity index (χ3n) is 3.59. The van der Waals surface area contributed by atoms with Gasteiger partial charge in [-0.25, -0.2) is 4.39 Å². The molecule has 6 heteroatoms. The molecule has 2 aromatic rings. The molecule has 0 aliphatic carbocycles. The number of benzene rings is 1. The Morgan fingerprint density at radius 1 is 1.27 bits per heavy atom. The van der Waals surface area contributed by atoms with Crippen LogP contribution in [0.2, 0.25) is 0 Å². The number of nitrogens with zero attached hydrogens (tertiary/aromatic N) is 2. The van der Waals surface area contributed by atoms with Crippen LogP contribution in [0, 0.1) is 11.7 Å². The molecule has 1 aliphatic rings. The van der Waals surface area contributed by atoms with Crippen LogP contribution in [0.25, 0.3) is 0 Å². The van der Waals surface area contributed by atoms with Crippen LogP contribution in [-0.2, 0) is 9.59 Å². The molecular weight excluding hydrogens is 285 g/mol. The molecule has 5 nitrogen and oxygen atoms in total. The summed E-state index contributed by atoms with van der Waals surface area (Å²) in [5.74, 6) is -1.50. The number of aromatic nitrogens is 1. The van der Waals surface area contributed by atoms with Gasteiger partial charge < -0.3 is 10.2 Å². The Morgan fingerprint density at radius 3 is 2.82 bits per heavy atom. The van der Waals surface area contributed by atoms with Gasteiger partial charge in [0.1, 0.15) is 5.82 Å². The van der Waals surface area contributed by atoms with Crippen molar-refractivity contribution in [2.75, 3.05) is 16.8 Å². The van der Waals surface area contributed by atoms with Crippen LogP contribution < -0.4 is 10.2 Å². The lowest BCUT2D eigenvalue weighted by Gasteiger charge is -2.16. The van der Waals surface area contributed by atoms with Gasteiger partial charge in [0, 0.05) is 19.2 Å². The minimum Gasteiger partial charge on any atom is -0.323 e. The Morgan fingerprint density at radius 2 is 2.09 bits per heavy atom. The van der Waals surface area contributed by atoms with E-state index in [0.29, 0.717) is 5.69 Å². The summed E-state index contributed by atoms with van der Waals surface area (Å²) in [7, 11) is 0. The van der Waals surface area contributed by atoms with Crippen LogP contribution in [0.4, 0.5) is 15.8 Å². The van der Waals surface area contributed by atoms with Crippen LogP contribution in [0.3, 0.4) is 0 Å². The van der Waals surface area contributed by atoms with E-state index >= 15 is 0 Å². The Balaban J connectivity index is 1.71. The van der Waals surface area contributed by atoms with Gasteiger partial charge in [-0.05, 0) is 24.3 Å². The summed E-state index contributed by atoms with van der Waals surface area (Å²) < 4.78 is 13.6. The second-order valence-corrected chi connectivity index (χ2v) is 5.09. The number of anilines is 2. The van der Waals surface area contributed by atoms with E-state index < -0.39 is 11.7 Å². The number of hydrogen-bond donors (Lipinski definition) is 1. The highest BCUT2D eigenvalue weighted by Crippen LogP contribution is 2.25. The van der Waals surface area contributed by atoms with Crippen molar-refractivity contribution in [1.29, 1.82) is 0 Å². The zero-order chi connectivity index (χ0) is 15.5. The molecule has 22 heavy (non-hydrogen) atoms. The second-order valence-electron chi connectivity index (χ2n) is 5.09. The number of rotatable bonds is 3. The van der Waals surface area contributed by atoms with Gasteiger partial charge in [0.15, 0.2) is 0 Å². The molecule has 0 bridgehead atoms. The van der Waals surface area contributed by atoms with E-state index in [0.717, 1.165) is 0 Å². The highest BCUT2D eigenvalue weighted by atomic mass is 19.1. The summed E-state index contributed by atoms with van der Waals surface area (Å²) in [6.45, 7) is 0.269. The molecule has 3 rings (SSSR count). The molecule has 2 heterocycles. The lowest BCUT2D eigenvalue weighted by atomic mass is 10.1. The standard InChI is InChI=1S/C16H14FN3O2/c17-13-5-1-2-6-14(13)19-16(22)11-8-15(21)20(10-11)12-4-3-7-18-9-12/h1-7,9,11H,8,10H2,(H,19,22). The summed E-state index contributed by atoms with van der Waals surface area (Å²) in [5, 5.41) is 2.54. The maximum atomic E-state index is 13.6. The molecule has 1 atom stereocenters. The SMILES string of the molecule is O=C(Nc1ccccc1F)C1CC(=O)N(c2cccnc2)C1. The number of carbonyl (C=O) groups excluding carboxylic acids is 2. The van der Waals surface area contributed by atoms with Crippen molar-refractivity contribution in [2.24, 2.45) is 5.92 Å². The predicted molar refractivity (Wildman–Crippen MR) is 79.7 cm³/mol. The van der Waals surface area contributed by atoms with E-state index in [1.54, 1.807) is 36.7 Å². The zero-order valence-corrected chi connectivity index (χ0v) is 11.7. The molecule has 0 radical (unpaired) electrons.